The Kier molecular flexibility index (Phi) is 5.11. The van der Waals surface area contributed by atoms with Crippen molar-refractivity contribution in [3.05, 3.63) is 53.8 Å². The van der Waals surface area contributed by atoms with Gasteiger partial charge in [0, 0.05) is 11.6 Å². The van der Waals surface area contributed by atoms with E-state index in [0.29, 0.717) is 28.1 Å². The van der Waals surface area contributed by atoms with E-state index in [1.165, 1.54) is 19.2 Å². The van der Waals surface area contributed by atoms with E-state index in [4.69, 9.17) is 4.74 Å². The molecule has 0 radical (unpaired) electrons. The van der Waals surface area contributed by atoms with Crippen molar-refractivity contribution in [2.24, 2.45) is 0 Å². The summed E-state index contributed by atoms with van der Waals surface area (Å²) in [6.45, 7) is 4.12. The van der Waals surface area contributed by atoms with Gasteiger partial charge in [-0.3, -0.25) is 0 Å². The molecule has 5 nitrogen and oxygen atoms in total. The Morgan fingerprint density at radius 1 is 1.15 bits per heavy atom. The molecule has 0 unspecified atom stereocenters. The Bertz CT molecular complexity index is 942. The van der Waals surface area contributed by atoms with Gasteiger partial charge in [0.2, 0.25) is 0 Å². The van der Waals surface area contributed by atoms with E-state index < -0.39 is 5.97 Å². The Morgan fingerprint density at radius 3 is 2.54 bits per heavy atom. The second-order valence-electron chi connectivity index (χ2n) is 6.08. The third-order valence-electron chi connectivity index (χ3n) is 4.20. The van der Waals surface area contributed by atoms with Crippen LogP contribution < -0.4 is 5.32 Å². The van der Waals surface area contributed by atoms with E-state index in [0.717, 1.165) is 12.0 Å². The second-order valence-corrected chi connectivity index (χ2v) is 6.08. The van der Waals surface area contributed by atoms with Crippen LogP contribution in [0.5, 0.6) is 0 Å². The molecule has 3 rings (SSSR count). The number of nitrogens with one attached hydrogen (secondary N) is 1. The van der Waals surface area contributed by atoms with E-state index in [2.05, 4.69) is 22.2 Å². The van der Waals surface area contributed by atoms with Crippen molar-refractivity contribution in [1.82, 2.24) is 9.97 Å². The zero-order valence-corrected chi connectivity index (χ0v) is 14.9. The van der Waals surface area contributed by atoms with Gasteiger partial charge in [0.15, 0.2) is 5.82 Å². The Morgan fingerprint density at radius 2 is 1.88 bits per heavy atom. The van der Waals surface area contributed by atoms with E-state index >= 15 is 0 Å². The molecule has 26 heavy (non-hydrogen) atoms. The summed E-state index contributed by atoms with van der Waals surface area (Å²) in [5, 5.41) is 3.34. The van der Waals surface area contributed by atoms with Crippen molar-refractivity contribution in [3.63, 3.8) is 0 Å². The summed E-state index contributed by atoms with van der Waals surface area (Å²) in [5.74, 6) is -0.130. The molecule has 0 aliphatic heterocycles. The molecule has 0 spiro atoms. The molecule has 0 bridgehead atoms. The van der Waals surface area contributed by atoms with E-state index in [9.17, 15) is 9.18 Å². The number of benzene rings is 2. The molecule has 0 saturated heterocycles. The number of carbonyl (C=O) groups excluding carboxylic acids is 1. The largest absolute Gasteiger partial charge is 0.465 e. The van der Waals surface area contributed by atoms with Gasteiger partial charge in [-0.2, -0.15) is 0 Å². The van der Waals surface area contributed by atoms with Gasteiger partial charge in [0.05, 0.1) is 23.7 Å². The average Bonchev–Trinajstić information content (AvgIpc) is 2.67. The summed E-state index contributed by atoms with van der Waals surface area (Å²) < 4.78 is 18.0. The van der Waals surface area contributed by atoms with Crippen molar-refractivity contribution in [2.45, 2.75) is 26.3 Å². The summed E-state index contributed by atoms with van der Waals surface area (Å²) in [4.78, 5) is 21.1. The SMILES string of the molecule is CC[C@H](C)Nc1nc2cc(C(=O)OC)ccc2nc1-c1ccc(F)cc1. The number of hydrogen-bond donors (Lipinski definition) is 1. The first-order valence-electron chi connectivity index (χ1n) is 8.44. The number of hydrogen-bond acceptors (Lipinski definition) is 5. The Balaban J connectivity index is 2.16. The summed E-state index contributed by atoms with van der Waals surface area (Å²) in [7, 11) is 1.34. The van der Waals surface area contributed by atoms with Gasteiger partial charge in [0.1, 0.15) is 11.5 Å². The smallest absolute Gasteiger partial charge is 0.337 e. The first-order valence-corrected chi connectivity index (χ1v) is 8.44. The van der Waals surface area contributed by atoms with Crippen LogP contribution in [0, 0.1) is 5.82 Å². The second kappa shape index (κ2) is 7.47. The molecule has 0 saturated carbocycles. The fourth-order valence-electron chi connectivity index (χ4n) is 2.54. The third kappa shape index (κ3) is 3.64. The minimum atomic E-state index is -0.423. The van der Waals surface area contributed by atoms with Gasteiger partial charge in [-0.05, 0) is 55.8 Å². The molecular weight excluding hydrogens is 333 g/mol. The number of rotatable bonds is 5. The number of methoxy groups -OCH3 is 1. The van der Waals surface area contributed by atoms with Crippen LogP contribution in [0.3, 0.4) is 0 Å². The van der Waals surface area contributed by atoms with Crippen LogP contribution in [0.15, 0.2) is 42.5 Å². The van der Waals surface area contributed by atoms with Crippen molar-refractivity contribution < 1.29 is 13.9 Å². The van der Waals surface area contributed by atoms with Crippen LogP contribution in [-0.4, -0.2) is 29.1 Å². The third-order valence-corrected chi connectivity index (χ3v) is 4.20. The topological polar surface area (TPSA) is 64.1 Å². The lowest BCUT2D eigenvalue weighted by Gasteiger charge is -2.16. The van der Waals surface area contributed by atoms with Crippen molar-refractivity contribution in [2.75, 3.05) is 12.4 Å². The summed E-state index contributed by atoms with van der Waals surface area (Å²) in [6, 6.07) is 11.4. The quantitative estimate of drug-likeness (QED) is 0.687. The molecule has 0 amide bonds. The maximum absolute atomic E-state index is 13.3. The molecule has 134 valence electrons. The molecule has 1 heterocycles. The molecule has 1 N–H and O–H groups in total. The maximum atomic E-state index is 13.3. The monoisotopic (exact) mass is 353 g/mol. The number of esters is 1. The molecule has 6 heteroatoms. The number of nitrogens with zero attached hydrogens (tertiary/aromatic N) is 2. The number of carbonyl (C=O) groups is 1. The highest BCUT2D eigenvalue weighted by atomic mass is 19.1. The predicted molar refractivity (Wildman–Crippen MR) is 99.6 cm³/mol. The van der Waals surface area contributed by atoms with Crippen molar-refractivity contribution in [1.29, 1.82) is 0 Å². The van der Waals surface area contributed by atoms with Crippen LogP contribution in [0.2, 0.25) is 0 Å². The van der Waals surface area contributed by atoms with E-state index in [1.807, 2.05) is 6.92 Å². The molecule has 0 aliphatic carbocycles. The van der Waals surface area contributed by atoms with Crippen LogP contribution >= 0.6 is 0 Å². The molecule has 2 aromatic carbocycles. The Hall–Kier alpha value is -3.02. The number of aromatic nitrogens is 2. The molecule has 1 aromatic heterocycles. The molecule has 0 aliphatic rings. The van der Waals surface area contributed by atoms with Gasteiger partial charge >= 0.3 is 5.97 Å². The van der Waals surface area contributed by atoms with Crippen LogP contribution in [0.1, 0.15) is 30.6 Å². The first-order chi connectivity index (χ1) is 12.5. The maximum Gasteiger partial charge on any atom is 0.337 e. The minimum absolute atomic E-state index is 0.185. The summed E-state index contributed by atoms with van der Waals surface area (Å²) in [6.07, 6.45) is 0.908. The summed E-state index contributed by atoms with van der Waals surface area (Å²) >= 11 is 0. The molecule has 3 aromatic rings. The van der Waals surface area contributed by atoms with E-state index in [-0.39, 0.29) is 11.9 Å². The Labute approximate surface area is 151 Å². The lowest BCUT2D eigenvalue weighted by atomic mass is 10.1. The van der Waals surface area contributed by atoms with Crippen molar-refractivity contribution in [3.8, 4) is 11.3 Å². The standard InChI is InChI=1S/C20H20FN3O2/c1-4-12(2)22-19-18(13-5-8-15(21)9-6-13)23-16-10-7-14(20(25)26-3)11-17(16)24-19/h5-12H,4H2,1-3H3,(H,22,24)/t12-/m0/s1. The number of anilines is 1. The lowest BCUT2D eigenvalue weighted by Crippen LogP contribution is -2.16. The highest BCUT2D eigenvalue weighted by molar-refractivity contribution is 5.94. The minimum Gasteiger partial charge on any atom is -0.465 e. The van der Waals surface area contributed by atoms with Crippen LogP contribution in [-0.2, 0) is 4.74 Å². The zero-order valence-electron chi connectivity index (χ0n) is 14.9. The molecular formula is C20H20FN3O2. The van der Waals surface area contributed by atoms with Gasteiger partial charge in [-0.15, -0.1) is 0 Å². The predicted octanol–water partition coefficient (Wildman–Crippen LogP) is 4.43. The molecule has 0 fully saturated rings. The first kappa shape index (κ1) is 17.8. The normalized spacial score (nSPS) is 12.0. The number of fused-ring (bicyclic) bond motifs is 1. The van der Waals surface area contributed by atoms with Crippen LogP contribution in [0.25, 0.3) is 22.3 Å². The van der Waals surface area contributed by atoms with Gasteiger partial charge in [0.25, 0.3) is 0 Å². The average molecular weight is 353 g/mol. The number of halogens is 1. The fraction of sp³-hybridized carbons (Fsp3) is 0.250. The van der Waals surface area contributed by atoms with Crippen molar-refractivity contribution >= 4 is 22.8 Å². The van der Waals surface area contributed by atoms with Gasteiger partial charge in [-0.1, -0.05) is 6.92 Å². The molecule has 1 atom stereocenters. The van der Waals surface area contributed by atoms with Crippen LogP contribution in [0.4, 0.5) is 10.2 Å². The van der Waals surface area contributed by atoms with Gasteiger partial charge in [-0.25, -0.2) is 19.2 Å². The van der Waals surface area contributed by atoms with Gasteiger partial charge < -0.3 is 10.1 Å². The number of ether oxygens (including phenoxy) is 1. The fourth-order valence-corrected chi connectivity index (χ4v) is 2.54. The zero-order chi connectivity index (χ0) is 18.7. The highest BCUT2D eigenvalue weighted by Gasteiger charge is 2.15. The summed E-state index contributed by atoms with van der Waals surface area (Å²) in [5.41, 5.74) is 3.06. The highest BCUT2D eigenvalue weighted by Crippen LogP contribution is 2.28. The lowest BCUT2D eigenvalue weighted by molar-refractivity contribution is 0.0601. The van der Waals surface area contributed by atoms with E-state index in [1.54, 1.807) is 30.3 Å².